The summed E-state index contributed by atoms with van der Waals surface area (Å²) in [6, 6.07) is 20.2. The topological polar surface area (TPSA) is 118 Å². The molecule has 0 aliphatic rings. The van der Waals surface area contributed by atoms with E-state index in [0.29, 0.717) is 20.8 Å². The lowest BCUT2D eigenvalue weighted by Crippen LogP contribution is -2.32. The van der Waals surface area contributed by atoms with Gasteiger partial charge in [-0.05, 0) is 36.2 Å². The Kier molecular flexibility index (Phi) is 5.35. The number of nitrogens with zero attached hydrogens (tertiary/aromatic N) is 7. The van der Waals surface area contributed by atoms with E-state index in [4.69, 9.17) is 0 Å². The van der Waals surface area contributed by atoms with E-state index in [2.05, 4.69) is 25.4 Å². The lowest BCUT2D eigenvalue weighted by molar-refractivity contribution is -0.597. The van der Waals surface area contributed by atoms with E-state index in [0.717, 1.165) is 22.3 Å². The molecule has 3 heterocycles. The normalized spacial score (nSPS) is 10.9. The molecule has 0 fully saturated rings. The maximum atomic E-state index is 12.7. The maximum Gasteiger partial charge on any atom is 0.379 e. The van der Waals surface area contributed by atoms with Gasteiger partial charge in [-0.15, -0.1) is 0 Å². The summed E-state index contributed by atoms with van der Waals surface area (Å²) >= 11 is 0. The van der Waals surface area contributed by atoms with Crippen molar-refractivity contribution in [3.8, 4) is 45.6 Å². The molecule has 0 atom stereocenters. The third kappa shape index (κ3) is 4.14. The fourth-order valence-corrected chi connectivity index (χ4v) is 3.41. The quantitative estimate of drug-likeness (QED) is 0.305. The largest absolute Gasteiger partial charge is 0.710 e. The molecular formula is C25H19N7O2. The fraction of sp³-hybridized carbons (Fsp3) is 0.0800. The number of rotatable bonds is 4. The van der Waals surface area contributed by atoms with Crippen LogP contribution < -0.4 is 9.46 Å². The van der Waals surface area contributed by atoms with Gasteiger partial charge < -0.3 is 10.4 Å². The van der Waals surface area contributed by atoms with E-state index in [1.807, 2.05) is 62.4 Å². The van der Waals surface area contributed by atoms with Crippen molar-refractivity contribution < 1.29 is 9.46 Å². The van der Waals surface area contributed by atoms with E-state index in [9.17, 15) is 10.4 Å². The van der Waals surface area contributed by atoms with Crippen LogP contribution in [0.25, 0.3) is 45.6 Å². The van der Waals surface area contributed by atoms with Crippen LogP contribution in [0.5, 0.6) is 0 Å². The Hall–Kier alpha value is -4.79. The second-order valence-corrected chi connectivity index (χ2v) is 7.87. The van der Waals surface area contributed by atoms with Crippen LogP contribution in [-0.4, -0.2) is 25.4 Å². The number of hydrogen-bond acceptors (Lipinski definition) is 7. The minimum atomic E-state index is 0.0133. The Bertz CT molecular complexity index is 1380. The maximum absolute atomic E-state index is 12.7. The Morgan fingerprint density at radius 2 is 0.941 bits per heavy atom. The second-order valence-electron chi connectivity index (χ2n) is 7.87. The number of pyridine rings is 1. The molecule has 0 saturated carbocycles. The number of benzene rings is 2. The van der Waals surface area contributed by atoms with Crippen LogP contribution in [0, 0.1) is 24.3 Å². The van der Waals surface area contributed by atoms with Crippen LogP contribution in [-0.2, 0) is 0 Å². The smallest absolute Gasteiger partial charge is 0.379 e. The predicted octanol–water partition coefficient (Wildman–Crippen LogP) is 3.21. The van der Waals surface area contributed by atoms with Crippen LogP contribution in [0.4, 0.5) is 0 Å². The Labute approximate surface area is 195 Å². The predicted molar refractivity (Wildman–Crippen MR) is 125 cm³/mol. The first-order valence-electron chi connectivity index (χ1n) is 10.5. The lowest BCUT2D eigenvalue weighted by Gasteiger charge is -2.08. The molecule has 9 heteroatoms. The van der Waals surface area contributed by atoms with E-state index < -0.39 is 0 Å². The second kappa shape index (κ2) is 8.62. The molecule has 0 aliphatic carbocycles. The first-order valence-corrected chi connectivity index (χ1v) is 10.5. The fourth-order valence-electron chi connectivity index (χ4n) is 3.41. The van der Waals surface area contributed by atoms with Crippen molar-refractivity contribution >= 4 is 0 Å². The van der Waals surface area contributed by atoms with Gasteiger partial charge in [0.05, 0.1) is 10.2 Å². The number of aryl methyl sites for hydroxylation is 2. The highest BCUT2D eigenvalue weighted by Gasteiger charge is 2.21. The minimum absolute atomic E-state index is 0.0133. The molecule has 5 aromatic rings. The van der Waals surface area contributed by atoms with E-state index in [-0.39, 0.29) is 23.0 Å². The molecule has 9 nitrogen and oxygen atoms in total. The minimum Gasteiger partial charge on any atom is -0.710 e. The van der Waals surface area contributed by atoms with Crippen molar-refractivity contribution in [3.05, 3.63) is 101 Å². The van der Waals surface area contributed by atoms with Crippen LogP contribution in [0.1, 0.15) is 11.1 Å². The highest BCUT2D eigenvalue weighted by Crippen LogP contribution is 2.20. The van der Waals surface area contributed by atoms with Crippen molar-refractivity contribution in [2.75, 3.05) is 0 Å². The SMILES string of the molecule is Cc1ccc(-c2c[n+]([O-])c(-c3cccc(-c4nnc(-c5ccc(C)cc5)c[n+]4[O-])n3)nn2)cc1. The molecule has 2 aromatic carbocycles. The number of hydrogen-bond donors (Lipinski definition) is 0. The number of aromatic nitrogens is 7. The molecule has 0 N–H and O–H groups in total. The van der Waals surface area contributed by atoms with Crippen LogP contribution in [0.15, 0.2) is 79.1 Å². The van der Waals surface area contributed by atoms with Gasteiger partial charge in [0, 0.05) is 11.1 Å². The summed E-state index contributed by atoms with van der Waals surface area (Å²) in [5.74, 6) is 0.0267. The van der Waals surface area contributed by atoms with E-state index >= 15 is 0 Å². The average Bonchev–Trinajstić information content (AvgIpc) is 2.85. The standard InChI is InChI=1S/C25H19N7O2/c1-16-6-10-18(11-7-16)22-14-31(33)24(29-27-22)20-4-3-5-21(26-20)25-30-28-23(15-32(25)34)19-12-8-17(2)9-13-19/h3-15H,1-2H3. The van der Waals surface area contributed by atoms with Gasteiger partial charge >= 0.3 is 11.6 Å². The Balaban J connectivity index is 1.47. The summed E-state index contributed by atoms with van der Waals surface area (Å²) in [7, 11) is 0. The van der Waals surface area contributed by atoms with Crippen LogP contribution >= 0.6 is 0 Å². The van der Waals surface area contributed by atoms with Gasteiger partial charge in [0.1, 0.15) is 12.4 Å². The van der Waals surface area contributed by atoms with Crippen molar-refractivity contribution in [3.63, 3.8) is 0 Å². The van der Waals surface area contributed by atoms with Gasteiger partial charge in [0.15, 0.2) is 22.8 Å². The molecule has 0 radical (unpaired) electrons. The summed E-state index contributed by atoms with van der Waals surface area (Å²) in [5, 5.41) is 41.9. The lowest BCUT2D eigenvalue weighted by atomic mass is 10.1. The van der Waals surface area contributed by atoms with Crippen molar-refractivity contribution in [1.82, 2.24) is 25.4 Å². The molecule has 0 aliphatic heterocycles. The van der Waals surface area contributed by atoms with Gasteiger partial charge in [-0.3, -0.25) is 0 Å². The summed E-state index contributed by atoms with van der Waals surface area (Å²) in [4.78, 5) is 4.42. The van der Waals surface area contributed by atoms with Crippen molar-refractivity contribution in [2.45, 2.75) is 13.8 Å². The van der Waals surface area contributed by atoms with Gasteiger partial charge in [-0.25, -0.2) is 14.4 Å². The average molecular weight is 449 g/mol. The molecule has 0 spiro atoms. The highest BCUT2D eigenvalue weighted by molar-refractivity contribution is 5.60. The molecule has 0 saturated heterocycles. The molecule has 166 valence electrons. The molecular weight excluding hydrogens is 430 g/mol. The molecule has 0 amide bonds. The molecule has 3 aromatic heterocycles. The van der Waals surface area contributed by atoms with E-state index in [1.54, 1.807) is 18.2 Å². The van der Waals surface area contributed by atoms with Crippen LogP contribution in [0.2, 0.25) is 0 Å². The molecule has 0 bridgehead atoms. The Morgan fingerprint density at radius 1 is 0.529 bits per heavy atom. The van der Waals surface area contributed by atoms with Gasteiger partial charge in [-0.1, -0.05) is 65.7 Å². The third-order valence-corrected chi connectivity index (χ3v) is 5.30. The first-order chi connectivity index (χ1) is 16.5. The van der Waals surface area contributed by atoms with Crippen LogP contribution in [0.3, 0.4) is 0 Å². The zero-order chi connectivity index (χ0) is 23.7. The zero-order valence-corrected chi connectivity index (χ0v) is 18.5. The molecule has 34 heavy (non-hydrogen) atoms. The highest BCUT2D eigenvalue weighted by atomic mass is 16.5. The van der Waals surface area contributed by atoms with Gasteiger partial charge in [0.2, 0.25) is 0 Å². The van der Waals surface area contributed by atoms with E-state index in [1.165, 1.54) is 12.4 Å². The summed E-state index contributed by atoms with van der Waals surface area (Å²) < 4.78 is 1.23. The monoisotopic (exact) mass is 449 g/mol. The third-order valence-electron chi connectivity index (χ3n) is 5.30. The zero-order valence-electron chi connectivity index (χ0n) is 18.5. The van der Waals surface area contributed by atoms with Crippen molar-refractivity contribution in [1.29, 1.82) is 0 Å². The summed E-state index contributed by atoms with van der Waals surface area (Å²) in [6.45, 7) is 3.97. The summed E-state index contributed by atoms with van der Waals surface area (Å²) in [5.41, 5.74) is 5.21. The summed E-state index contributed by atoms with van der Waals surface area (Å²) in [6.07, 6.45) is 2.70. The van der Waals surface area contributed by atoms with Crippen molar-refractivity contribution in [2.24, 2.45) is 0 Å². The molecule has 0 unspecified atom stereocenters. The first kappa shape index (κ1) is 21.1. The van der Waals surface area contributed by atoms with Gasteiger partial charge in [0.25, 0.3) is 0 Å². The van der Waals surface area contributed by atoms with Gasteiger partial charge in [-0.2, -0.15) is 0 Å². The Morgan fingerprint density at radius 3 is 1.32 bits per heavy atom. The molecule has 5 rings (SSSR count).